The van der Waals surface area contributed by atoms with E-state index in [9.17, 15) is 4.79 Å². The first-order valence-corrected chi connectivity index (χ1v) is 4.69. The van der Waals surface area contributed by atoms with E-state index in [0.717, 1.165) is 19.4 Å². The van der Waals surface area contributed by atoms with Gasteiger partial charge in [0.15, 0.2) is 0 Å². The van der Waals surface area contributed by atoms with Crippen LogP contribution in [-0.2, 0) is 4.79 Å². The van der Waals surface area contributed by atoms with E-state index < -0.39 is 0 Å². The number of aliphatic hydroxyl groups is 1. The van der Waals surface area contributed by atoms with Gasteiger partial charge in [0.1, 0.15) is 0 Å². The summed E-state index contributed by atoms with van der Waals surface area (Å²) in [6, 6.07) is 0. The van der Waals surface area contributed by atoms with Gasteiger partial charge >= 0.3 is 0 Å². The molecule has 1 N–H and O–H groups in total. The van der Waals surface area contributed by atoms with Crippen LogP contribution in [-0.4, -0.2) is 35.6 Å². The molecule has 1 fully saturated rings. The molecular formula is C9H17NO2. The molecule has 1 amide bonds. The Balaban J connectivity index is 2.27. The zero-order valence-electron chi connectivity index (χ0n) is 7.62. The molecule has 0 spiro atoms. The molecule has 70 valence electrons. The Morgan fingerprint density at radius 2 is 2.25 bits per heavy atom. The number of aliphatic hydroxyl groups excluding tert-OH is 1. The van der Waals surface area contributed by atoms with Crippen molar-refractivity contribution < 1.29 is 9.90 Å². The van der Waals surface area contributed by atoms with Gasteiger partial charge in [-0.3, -0.25) is 4.79 Å². The molecule has 0 bridgehead atoms. The Hall–Kier alpha value is -0.570. The Morgan fingerprint density at radius 3 is 2.67 bits per heavy atom. The Kier molecular flexibility index (Phi) is 3.53. The highest BCUT2D eigenvalue weighted by atomic mass is 16.3. The molecule has 0 aromatic carbocycles. The van der Waals surface area contributed by atoms with Gasteiger partial charge in [-0.25, -0.2) is 0 Å². The molecule has 0 unspecified atom stereocenters. The second kappa shape index (κ2) is 4.45. The average Bonchev–Trinajstić information content (AvgIpc) is 2.88. The SMILES string of the molecule is CCN(CCCO)C(=O)C1CC1. The number of hydrogen-bond acceptors (Lipinski definition) is 2. The van der Waals surface area contributed by atoms with Crippen molar-refractivity contribution in [3.8, 4) is 0 Å². The van der Waals surface area contributed by atoms with Crippen molar-refractivity contribution in [2.45, 2.75) is 26.2 Å². The quantitative estimate of drug-likeness (QED) is 0.659. The standard InChI is InChI=1S/C9H17NO2/c1-2-10(6-3-7-11)9(12)8-4-5-8/h8,11H,2-7H2,1H3. The van der Waals surface area contributed by atoms with Crippen molar-refractivity contribution in [2.75, 3.05) is 19.7 Å². The largest absolute Gasteiger partial charge is 0.396 e. The molecule has 0 aromatic heterocycles. The van der Waals surface area contributed by atoms with E-state index in [1.165, 1.54) is 0 Å². The van der Waals surface area contributed by atoms with Crippen molar-refractivity contribution in [1.29, 1.82) is 0 Å². The normalized spacial score (nSPS) is 16.2. The number of hydrogen-bond donors (Lipinski definition) is 1. The smallest absolute Gasteiger partial charge is 0.225 e. The summed E-state index contributed by atoms with van der Waals surface area (Å²) in [6.45, 7) is 3.64. The van der Waals surface area contributed by atoms with Crippen molar-refractivity contribution in [1.82, 2.24) is 4.90 Å². The first kappa shape index (κ1) is 9.52. The molecule has 1 saturated carbocycles. The fourth-order valence-corrected chi connectivity index (χ4v) is 1.27. The molecular weight excluding hydrogens is 154 g/mol. The van der Waals surface area contributed by atoms with Gasteiger partial charge in [-0.2, -0.15) is 0 Å². The molecule has 12 heavy (non-hydrogen) atoms. The van der Waals surface area contributed by atoms with Crippen LogP contribution in [0.3, 0.4) is 0 Å². The lowest BCUT2D eigenvalue weighted by molar-refractivity contribution is -0.132. The fourth-order valence-electron chi connectivity index (χ4n) is 1.27. The first-order valence-electron chi connectivity index (χ1n) is 4.69. The van der Waals surface area contributed by atoms with Gasteiger partial charge in [0.2, 0.25) is 5.91 Å². The number of carbonyl (C=O) groups excluding carboxylic acids is 1. The van der Waals surface area contributed by atoms with E-state index in [4.69, 9.17) is 5.11 Å². The van der Waals surface area contributed by atoms with Crippen LogP contribution in [0, 0.1) is 5.92 Å². The predicted molar refractivity (Wildman–Crippen MR) is 46.7 cm³/mol. The second-order valence-corrected chi connectivity index (χ2v) is 3.27. The average molecular weight is 171 g/mol. The monoisotopic (exact) mass is 171 g/mol. The van der Waals surface area contributed by atoms with E-state index in [-0.39, 0.29) is 12.5 Å². The van der Waals surface area contributed by atoms with E-state index in [2.05, 4.69) is 0 Å². The van der Waals surface area contributed by atoms with Crippen LogP contribution >= 0.6 is 0 Å². The number of rotatable bonds is 5. The summed E-state index contributed by atoms with van der Waals surface area (Å²) in [5.41, 5.74) is 0. The maximum atomic E-state index is 11.5. The highest BCUT2D eigenvalue weighted by molar-refractivity contribution is 5.80. The van der Waals surface area contributed by atoms with Crippen LogP contribution in [0.1, 0.15) is 26.2 Å². The fraction of sp³-hybridized carbons (Fsp3) is 0.889. The zero-order valence-corrected chi connectivity index (χ0v) is 7.62. The minimum atomic E-state index is 0.175. The summed E-state index contributed by atoms with van der Waals surface area (Å²) >= 11 is 0. The Morgan fingerprint density at radius 1 is 1.58 bits per heavy atom. The summed E-state index contributed by atoms with van der Waals surface area (Å²) in [5, 5.41) is 8.61. The van der Waals surface area contributed by atoms with Gasteiger partial charge in [-0.05, 0) is 26.2 Å². The molecule has 3 heteroatoms. The number of nitrogens with zero attached hydrogens (tertiary/aromatic N) is 1. The molecule has 0 aromatic rings. The lowest BCUT2D eigenvalue weighted by atomic mass is 10.3. The summed E-state index contributed by atoms with van der Waals surface area (Å²) in [4.78, 5) is 13.3. The van der Waals surface area contributed by atoms with Gasteiger partial charge in [0.05, 0.1) is 0 Å². The van der Waals surface area contributed by atoms with E-state index >= 15 is 0 Å². The van der Waals surface area contributed by atoms with Gasteiger partial charge in [0.25, 0.3) is 0 Å². The Bertz CT molecular complexity index is 155. The van der Waals surface area contributed by atoms with Crippen LogP contribution in [0.2, 0.25) is 0 Å². The van der Waals surface area contributed by atoms with Crippen molar-refractivity contribution in [3.05, 3.63) is 0 Å². The van der Waals surface area contributed by atoms with E-state index in [1.54, 1.807) is 0 Å². The number of amides is 1. The maximum Gasteiger partial charge on any atom is 0.225 e. The highest BCUT2D eigenvalue weighted by Gasteiger charge is 2.32. The molecule has 0 heterocycles. The van der Waals surface area contributed by atoms with Crippen LogP contribution in [0.25, 0.3) is 0 Å². The Labute approximate surface area is 73.4 Å². The lowest BCUT2D eigenvalue weighted by Gasteiger charge is -2.19. The minimum Gasteiger partial charge on any atom is -0.396 e. The summed E-state index contributed by atoms with van der Waals surface area (Å²) in [5.74, 6) is 0.592. The third-order valence-corrected chi connectivity index (χ3v) is 2.21. The molecule has 0 saturated heterocycles. The van der Waals surface area contributed by atoms with Gasteiger partial charge in [-0.1, -0.05) is 0 Å². The maximum absolute atomic E-state index is 11.5. The topological polar surface area (TPSA) is 40.5 Å². The van der Waals surface area contributed by atoms with Crippen molar-refractivity contribution in [2.24, 2.45) is 5.92 Å². The summed E-state index contributed by atoms with van der Waals surface area (Å²) in [7, 11) is 0. The summed E-state index contributed by atoms with van der Waals surface area (Å²) < 4.78 is 0. The molecule has 0 radical (unpaired) electrons. The van der Waals surface area contributed by atoms with Gasteiger partial charge < -0.3 is 10.0 Å². The minimum absolute atomic E-state index is 0.175. The van der Waals surface area contributed by atoms with E-state index in [0.29, 0.717) is 18.9 Å². The second-order valence-electron chi connectivity index (χ2n) is 3.27. The lowest BCUT2D eigenvalue weighted by Crippen LogP contribution is -2.33. The van der Waals surface area contributed by atoms with Crippen molar-refractivity contribution in [3.63, 3.8) is 0 Å². The van der Waals surface area contributed by atoms with Crippen LogP contribution < -0.4 is 0 Å². The third-order valence-electron chi connectivity index (χ3n) is 2.21. The van der Waals surface area contributed by atoms with Crippen LogP contribution in [0.5, 0.6) is 0 Å². The molecule has 0 atom stereocenters. The van der Waals surface area contributed by atoms with Crippen LogP contribution in [0.15, 0.2) is 0 Å². The number of carbonyl (C=O) groups is 1. The van der Waals surface area contributed by atoms with Crippen LogP contribution in [0.4, 0.5) is 0 Å². The highest BCUT2D eigenvalue weighted by Crippen LogP contribution is 2.30. The van der Waals surface area contributed by atoms with Gasteiger partial charge in [-0.15, -0.1) is 0 Å². The molecule has 3 nitrogen and oxygen atoms in total. The summed E-state index contributed by atoms with van der Waals surface area (Å²) in [6.07, 6.45) is 2.83. The molecule has 0 aliphatic heterocycles. The third kappa shape index (κ3) is 2.48. The molecule has 1 aliphatic rings. The molecule has 1 aliphatic carbocycles. The van der Waals surface area contributed by atoms with E-state index in [1.807, 2.05) is 11.8 Å². The zero-order chi connectivity index (χ0) is 8.97. The van der Waals surface area contributed by atoms with Crippen molar-refractivity contribution >= 4 is 5.91 Å². The predicted octanol–water partition coefficient (Wildman–Crippen LogP) is 0.627. The molecule has 1 rings (SSSR count). The van der Waals surface area contributed by atoms with Gasteiger partial charge in [0, 0.05) is 25.6 Å². The first-order chi connectivity index (χ1) is 5.79.